The fourth-order valence-corrected chi connectivity index (χ4v) is 2.91. The largest absolute Gasteiger partial charge is 0.481 e. The maximum atomic E-state index is 10.4. The summed E-state index contributed by atoms with van der Waals surface area (Å²) in [7, 11) is 0. The van der Waals surface area contributed by atoms with Gasteiger partial charge in [0.2, 0.25) is 0 Å². The van der Waals surface area contributed by atoms with Crippen molar-refractivity contribution in [1.29, 1.82) is 0 Å². The van der Waals surface area contributed by atoms with E-state index in [0.717, 1.165) is 38.5 Å². The molecule has 0 bridgehead atoms. The van der Waals surface area contributed by atoms with E-state index in [1.165, 1.54) is 51.4 Å². The van der Waals surface area contributed by atoms with Crippen LogP contribution in [-0.4, -0.2) is 21.8 Å². The van der Waals surface area contributed by atoms with E-state index in [1.807, 2.05) is 13.0 Å². The highest BCUT2D eigenvalue weighted by molar-refractivity contribution is 5.66. The van der Waals surface area contributed by atoms with Gasteiger partial charge >= 0.3 is 5.97 Å². The molecule has 24 heavy (non-hydrogen) atoms. The molecule has 0 heterocycles. The van der Waals surface area contributed by atoms with Gasteiger partial charge in [0, 0.05) is 6.42 Å². The maximum Gasteiger partial charge on any atom is 0.303 e. The minimum atomic E-state index is -0.672. The molecule has 0 fully saturated rings. The number of hydrogen-bond acceptors (Lipinski definition) is 2. The van der Waals surface area contributed by atoms with Crippen molar-refractivity contribution < 1.29 is 15.0 Å². The van der Waals surface area contributed by atoms with E-state index in [1.54, 1.807) is 0 Å². The number of rotatable bonds is 17. The monoisotopic (exact) mass is 340 g/mol. The summed E-state index contributed by atoms with van der Waals surface area (Å²) < 4.78 is 0. The zero-order valence-corrected chi connectivity index (χ0v) is 16.1. The highest BCUT2D eigenvalue weighted by Gasteiger charge is 2.14. The average Bonchev–Trinajstić information content (AvgIpc) is 2.53. The molecule has 1 atom stereocenters. The molecule has 0 aliphatic rings. The van der Waals surface area contributed by atoms with Gasteiger partial charge in [-0.3, -0.25) is 4.79 Å². The molecular weight excluding hydrogens is 300 g/mol. The Bertz CT molecular complexity index is 321. The molecule has 2 N–H and O–H groups in total. The normalized spacial score (nSPS) is 14.1. The van der Waals surface area contributed by atoms with E-state index in [9.17, 15) is 9.90 Å². The van der Waals surface area contributed by atoms with Gasteiger partial charge in [-0.1, -0.05) is 83.3 Å². The molecule has 0 radical (unpaired) electrons. The number of aliphatic hydroxyl groups is 1. The standard InChI is InChI=1S/C21H40O3/c1-3-4-18-21(2,24)19-16-14-12-10-8-6-5-7-9-11-13-15-17-20(22)23/h16,19,24H,3-15,17-18H2,1-2H3,(H,22,23)/b19-16-. The van der Waals surface area contributed by atoms with Gasteiger partial charge in [-0.05, 0) is 32.6 Å². The zero-order valence-electron chi connectivity index (χ0n) is 16.1. The predicted octanol–water partition coefficient (Wildman–Crippen LogP) is 6.25. The Hall–Kier alpha value is -0.830. The molecule has 3 nitrogen and oxygen atoms in total. The summed E-state index contributed by atoms with van der Waals surface area (Å²) in [6, 6.07) is 0. The SMILES string of the molecule is CCCCC(C)(O)/C=C\CCCCCCCCCCCCC(=O)O. The minimum absolute atomic E-state index is 0.322. The third kappa shape index (κ3) is 17.5. The van der Waals surface area contributed by atoms with Gasteiger partial charge < -0.3 is 10.2 Å². The van der Waals surface area contributed by atoms with E-state index < -0.39 is 11.6 Å². The summed E-state index contributed by atoms with van der Waals surface area (Å²) in [6.45, 7) is 4.06. The van der Waals surface area contributed by atoms with Gasteiger partial charge in [-0.2, -0.15) is 0 Å². The number of aliphatic carboxylic acids is 1. The van der Waals surface area contributed by atoms with Crippen molar-refractivity contribution >= 4 is 5.97 Å². The van der Waals surface area contributed by atoms with Gasteiger partial charge in [0.25, 0.3) is 0 Å². The smallest absolute Gasteiger partial charge is 0.303 e. The van der Waals surface area contributed by atoms with Crippen LogP contribution >= 0.6 is 0 Å². The number of carboxylic acids is 1. The van der Waals surface area contributed by atoms with Crippen molar-refractivity contribution in [2.24, 2.45) is 0 Å². The molecule has 142 valence electrons. The Balaban J connectivity index is 3.29. The number of hydrogen-bond donors (Lipinski definition) is 2. The first-order valence-electron chi connectivity index (χ1n) is 10.1. The molecule has 0 aliphatic carbocycles. The number of carbonyl (C=O) groups is 1. The zero-order chi connectivity index (χ0) is 18.1. The molecule has 3 heteroatoms. The predicted molar refractivity (Wildman–Crippen MR) is 102 cm³/mol. The van der Waals surface area contributed by atoms with Crippen molar-refractivity contribution in [1.82, 2.24) is 0 Å². The van der Waals surface area contributed by atoms with Crippen LogP contribution in [0.2, 0.25) is 0 Å². The molecular formula is C21H40O3. The maximum absolute atomic E-state index is 10.4. The molecule has 0 saturated heterocycles. The molecule has 1 unspecified atom stereocenters. The molecule has 0 aromatic heterocycles. The molecule has 0 rings (SSSR count). The second-order valence-corrected chi connectivity index (χ2v) is 7.33. The van der Waals surface area contributed by atoms with Crippen LogP contribution < -0.4 is 0 Å². The second kappa shape index (κ2) is 15.7. The van der Waals surface area contributed by atoms with Gasteiger partial charge in [-0.25, -0.2) is 0 Å². The van der Waals surface area contributed by atoms with Gasteiger partial charge in [0.15, 0.2) is 0 Å². The summed E-state index contributed by atoms with van der Waals surface area (Å²) in [6.07, 6.45) is 20.6. The van der Waals surface area contributed by atoms with Crippen molar-refractivity contribution in [2.75, 3.05) is 0 Å². The van der Waals surface area contributed by atoms with Crippen molar-refractivity contribution in [3.8, 4) is 0 Å². The molecule has 0 amide bonds. The van der Waals surface area contributed by atoms with E-state index in [2.05, 4.69) is 13.0 Å². The lowest BCUT2D eigenvalue weighted by molar-refractivity contribution is -0.137. The van der Waals surface area contributed by atoms with E-state index >= 15 is 0 Å². The van der Waals surface area contributed by atoms with E-state index in [4.69, 9.17) is 5.11 Å². The first kappa shape index (κ1) is 23.2. The van der Waals surface area contributed by atoms with Crippen LogP contribution in [0.5, 0.6) is 0 Å². The fraction of sp³-hybridized carbons (Fsp3) is 0.857. The Kier molecular flexibility index (Phi) is 15.1. The topological polar surface area (TPSA) is 57.5 Å². The van der Waals surface area contributed by atoms with Crippen LogP contribution in [-0.2, 0) is 4.79 Å². The van der Waals surface area contributed by atoms with Gasteiger partial charge in [-0.15, -0.1) is 0 Å². The molecule has 0 saturated carbocycles. The van der Waals surface area contributed by atoms with Crippen LogP contribution in [0.3, 0.4) is 0 Å². The van der Waals surface area contributed by atoms with Crippen molar-refractivity contribution in [3.63, 3.8) is 0 Å². The molecule has 0 aromatic rings. The van der Waals surface area contributed by atoms with Gasteiger partial charge in [0.05, 0.1) is 5.60 Å². The Morgan fingerprint density at radius 3 is 1.88 bits per heavy atom. The lowest BCUT2D eigenvalue weighted by Gasteiger charge is -2.18. The quantitative estimate of drug-likeness (QED) is 0.243. The molecule has 0 spiro atoms. The summed E-state index contributed by atoms with van der Waals surface area (Å²) in [5, 5.41) is 18.7. The number of carboxylic acid groups (broad SMARTS) is 1. The number of allylic oxidation sites excluding steroid dienone is 1. The lowest BCUT2D eigenvalue weighted by Crippen LogP contribution is -2.20. The van der Waals surface area contributed by atoms with E-state index in [0.29, 0.717) is 6.42 Å². The molecule has 0 aliphatic heterocycles. The number of unbranched alkanes of at least 4 members (excludes halogenated alkanes) is 11. The highest BCUT2D eigenvalue weighted by Crippen LogP contribution is 2.16. The van der Waals surface area contributed by atoms with Crippen LogP contribution in [0.1, 0.15) is 110 Å². The summed E-state index contributed by atoms with van der Waals surface area (Å²) >= 11 is 0. The van der Waals surface area contributed by atoms with Crippen LogP contribution in [0.4, 0.5) is 0 Å². The van der Waals surface area contributed by atoms with Crippen molar-refractivity contribution in [2.45, 2.75) is 116 Å². The second-order valence-electron chi connectivity index (χ2n) is 7.33. The summed E-state index contributed by atoms with van der Waals surface area (Å²) in [5.74, 6) is -0.672. The minimum Gasteiger partial charge on any atom is -0.481 e. The summed E-state index contributed by atoms with van der Waals surface area (Å²) in [4.78, 5) is 10.4. The van der Waals surface area contributed by atoms with Crippen LogP contribution in [0.25, 0.3) is 0 Å². The Labute approximate surface area is 149 Å². The van der Waals surface area contributed by atoms with E-state index in [-0.39, 0.29) is 0 Å². The lowest BCUT2D eigenvalue weighted by atomic mass is 9.98. The fourth-order valence-electron chi connectivity index (χ4n) is 2.91. The summed E-state index contributed by atoms with van der Waals surface area (Å²) in [5.41, 5.74) is -0.625. The third-order valence-electron chi connectivity index (χ3n) is 4.52. The first-order valence-corrected chi connectivity index (χ1v) is 10.1. The Morgan fingerprint density at radius 2 is 1.38 bits per heavy atom. The van der Waals surface area contributed by atoms with Crippen molar-refractivity contribution in [3.05, 3.63) is 12.2 Å². The van der Waals surface area contributed by atoms with Crippen LogP contribution in [0.15, 0.2) is 12.2 Å². The first-order chi connectivity index (χ1) is 11.5. The van der Waals surface area contributed by atoms with Gasteiger partial charge in [0.1, 0.15) is 0 Å². The van der Waals surface area contributed by atoms with Crippen LogP contribution in [0, 0.1) is 0 Å². The highest BCUT2D eigenvalue weighted by atomic mass is 16.4. The third-order valence-corrected chi connectivity index (χ3v) is 4.52. The molecule has 0 aromatic carbocycles. The average molecular weight is 341 g/mol. The Morgan fingerprint density at radius 1 is 0.875 bits per heavy atom.